The SMILES string of the molecule is CCOC(=O)C1CCCN(C(=O)C2CCN(c3oc(-c4ccco4)nc3C#N)CC2)C1. The number of likely N-dealkylation sites (tertiary alicyclic amines) is 1. The number of anilines is 1. The fourth-order valence-corrected chi connectivity index (χ4v) is 4.32. The number of hydrogen-bond donors (Lipinski definition) is 0. The molecule has 0 radical (unpaired) electrons. The third kappa shape index (κ3) is 4.43. The maximum absolute atomic E-state index is 13.1. The fraction of sp³-hybridized carbons (Fsp3) is 0.545. The van der Waals surface area contributed by atoms with Crippen LogP contribution in [0.3, 0.4) is 0 Å². The summed E-state index contributed by atoms with van der Waals surface area (Å²) < 4.78 is 16.3. The van der Waals surface area contributed by atoms with Crippen LogP contribution in [0.4, 0.5) is 5.88 Å². The first-order valence-electron chi connectivity index (χ1n) is 10.8. The number of carbonyl (C=O) groups excluding carboxylic acids is 2. The topological polar surface area (TPSA) is 113 Å². The summed E-state index contributed by atoms with van der Waals surface area (Å²) in [7, 11) is 0. The molecule has 0 bridgehead atoms. The maximum atomic E-state index is 13.1. The lowest BCUT2D eigenvalue weighted by Crippen LogP contribution is -2.47. The lowest BCUT2D eigenvalue weighted by molar-refractivity contribution is -0.152. The van der Waals surface area contributed by atoms with E-state index in [2.05, 4.69) is 11.1 Å². The molecule has 4 rings (SSSR count). The molecule has 1 unspecified atom stereocenters. The van der Waals surface area contributed by atoms with Gasteiger partial charge in [-0.3, -0.25) is 9.59 Å². The van der Waals surface area contributed by atoms with Crippen LogP contribution in [0.1, 0.15) is 38.3 Å². The molecule has 0 aliphatic carbocycles. The number of furan rings is 1. The second-order valence-corrected chi connectivity index (χ2v) is 7.90. The monoisotopic (exact) mass is 426 g/mol. The van der Waals surface area contributed by atoms with Gasteiger partial charge in [-0.25, -0.2) is 0 Å². The number of oxazole rings is 1. The zero-order chi connectivity index (χ0) is 21.8. The Morgan fingerprint density at radius 2 is 2.06 bits per heavy atom. The van der Waals surface area contributed by atoms with Crippen LogP contribution in [0, 0.1) is 23.2 Å². The van der Waals surface area contributed by atoms with Crippen molar-refractivity contribution in [2.24, 2.45) is 11.8 Å². The number of carbonyl (C=O) groups is 2. The van der Waals surface area contributed by atoms with Gasteiger partial charge in [-0.15, -0.1) is 0 Å². The highest BCUT2D eigenvalue weighted by molar-refractivity contribution is 5.81. The number of rotatable bonds is 5. The van der Waals surface area contributed by atoms with E-state index in [0.717, 1.165) is 12.8 Å². The lowest BCUT2D eigenvalue weighted by atomic mass is 9.92. The van der Waals surface area contributed by atoms with Crippen LogP contribution in [0.25, 0.3) is 11.7 Å². The Labute approximate surface area is 180 Å². The number of hydrogen-bond acceptors (Lipinski definition) is 8. The molecule has 0 saturated carbocycles. The molecule has 9 heteroatoms. The Hall–Kier alpha value is -3.28. The molecule has 31 heavy (non-hydrogen) atoms. The highest BCUT2D eigenvalue weighted by Crippen LogP contribution is 2.32. The summed E-state index contributed by atoms with van der Waals surface area (Å²) in [5.41, 5.74) is 0.212. The van der Waals surface area contributed by atoms with Crippen molar-refractivity contribution >= 4 is 17.8 Å². The first kappa shape index (κ1) is 21.0. The standard InChI is InChI=1S/C22H26N4O5/c1-2-29-22(28)16-5-3-9-26(14-16)20(27)15-7-10-25(11-8-15)21-17(13-23)24-19(31-21)18-6-4-12-30-18/h4,6,12,15-16H,2-3,5,7-11,14H2,1H3. The van der Waals surface area contributed by atoms with Crippen molar-refractivity contribution in [2.45, 2.75) is 32.6 Å². The third-order valence-corrected chi connectivity index (χ3v) is 5.93. The van der Waals surface area contributed by atoms with Crippen LogP contribution < -0.4 is 4.90 Å². The van der Waals surface area contributed by atoms with Gasteiger partial charge in [0.1, 0.15) is 6.07 Å². The summed E-state index contributed by atoms with van der Waals surface area (Å²) in [5, 5.41) is 9.45. The van der Waals surface area contributed by atoms with Gasteiger partial charge < -0.3 is 23.4 Å². The van der Waals surface area contributed by atoms with Gasteiger partial charge in [0.2, 0.25) is 17.5 Å². The van der Waals surface area contributed by atoms with E-state index in [1.54, 1.807) is 19.1 Å². The molecule has 2 fully saturated rings. The number of esters is 1. The van der Waals surface area contributed by atoms with Crippen molar-refractivity contribution < 1.29 is 23.2 Å². The largest absolute Gasteiger partial charge is 0.466 e. The second-order valence-electron chi connectivity index (χ2n) is 7.90. The van der Waals surface area contributed by atoms with Gasteiger partial charge >= 0.3 is 5.97 Å². The maximum Gasteiger partial charge on any atom is 0.310 e. The zero-order valence-corrected chi connectivity index (χ0v) is 17.6. The normalized spacial score (nSPS) is 19.8. The third-order valence-electron chi connectivity index (χ3n) is 5.93. The van der Waals surface area contributed by atoms with Crippen molar-refractivity contribution in [3.05, 3.63) is 24.1 Å². The summed E-state index contributed by atoms with van der Waals surface area (Å²) in [4.78, 5) is 33.1. The number of ether oxygens (including phenoxy) is 1. The van der Waals surface area contributed by atoms with Crippen molar-refractivity contribution in [3.63, 3.8) is 0 Å². The van der Waals surface area contributed by atoms with Gasteiger partial charge in [0.05, 0.1) is 18.8 Å². The molecule has 2 aliphatic heterocycles. The van der Waals surface area contributed by atoms with Crippen LogP contribution >= 0.6 is 0 Å². The molecular formula is C22H26N4O5. The van der Waals surface area contributed by atoms with E-state index in [1.165, 1.54) is 6.26 Å². The molecule has 164 valence electrons. The first-order valence-corrected chi connectivity index (χ1v) is 10.8. The highest BCUT2D eigenvalue weighted by atomic mass is 16.5. The molecule has 2 aliphatic rings. The molecule has 2 saturated heterocycles. The van der Waals surface area contributed by atoms with Gasteiger partial charge in [-0.2, -0.15) is 10.2 Å². The van der Waals surface area contributed by atoms with Crippen LogP contribution in [0.5, 0.6) is 0 Å². The van der Waals surface area contributed by atoms with Crippen LogP contribution in [0.2, 0.25) is 0 Å². The minimum Gasteiger partial charge on any atom is -0.466 e. The minimum absolute atomic E-state index is 0.1000. The molecule has 0 aromatic carbocycles. The molecular weight excluding hydrogens is 400 g/mol. The average molecular weight is 426 g/mol. The van der Waals surface area contributed by atoms with Crippen molar-refractivity contribution in [1.82, 2.24) is 9.88 Å². The Morgan fingerprint density at radius 3 is 2.74 bits per heavy atom. The van der Waals surface area contributed by atoms with E-state index in [-0.39, 0.29) is 35.3 Å². The van der Waals surface area contributed by atoms with Crippen LogP contribution in [-0.4, -0.2) is 54.5 Å². The number of aromatic nitrogens is 1. The summed E-state index contributed by atoms with van der Waals surface area (Å²) in [5.74, 6) is 0.710. The van der Waals surface area contributed by atoms with Gasteiger partial charge in [0, 0.05) is 32.1 Å². The molecule has 0 spiro atoms. The summed E-state index contributed by atoms with van der Waals surface area (Å²) in [6.45, 7) is 4.45. The molecule has 2 aromatic heterocycles. The van der Waals surface area contributed by atoms with E-state index in [9.17, 15) is 14.9 Å². The predicted octanol–water partition coefficient (Wildman–Crippen LogP) is 2.82. The van der Waals surface area contributed by atoms with Crippen LogP contribution in [0.15, 0.2) is 27.2 Å². The summed E-state index contributed by atoms with van der Waals surface area (Å²) in [6.07, 6.45) is 4.41. The summed E-state index contributed by atoms with van der Waals surface area (Å²) in [6, 6.07) is 5.54. The smallest absolute Gasteiger partial charge is 0.310 e. The second kappa shape index (κ2) is 9.25. The Kier molecular flexibility index (Phi) is 6.26. The summed E-state index contributed by atoms with van der Waals surface area (Å²) >= 11 is 0. The minimum atomic E-state index is -0.231. The first-order chi connectivity index (χ1) is 15.1. The van der Waals surface area contributed by atoms with Gasteiger partial charge in [0.15, 0.2) is 5.76 Å². The lowest BCUT2D eigenvalue weighted by Gasteiger charge is -2.37. The van der Waals surface area contributed by atoms with Crippen molar-refractivity contribution in [2.75, 3.05) is 37.7 Å². The van der Waals surface area contributed by atoms with Crippen LogP contribution in [-0.2, 0) is 14.3 Å². The molecule has 2 aromatic rings. The molecule has 0 N–H and O–H groups in total. The number of nitrogens with zero attached hydrogens (tertiary/aromatic N) is 4. The number of piperidine rings is 2. The highest BCUT2D eigenvalue weighted by Gasteiger charge is 2.35. The fourth-order valence-electron chi connectivity index (χ4n) is 4.32. The Balaban J connectivity index is 1.37. The van der Waals surface area contributed by atoms with E-state index in [1.807, 2.05) is 9.80 Å². The Morgan fingerprint density at radius 1 is 1.26 bits per heavy atom. The van der Waals surface area contributed by atoms with Gasteiger partial charge in [0.25, 0.3) is 5.89 Å². The predicted molar refractivity (Wildman–Crippen MR) is 110 cm³/mol. The molecule has 4 heterocycles. The van der Waals surface area contributed by atoms with Gasteiger partial charge in [-0.05, 0) is 44.7 Å². The Bertz CT molecular complexity index is 953. The number of nitriles is 1. The van der Waals surface area contributed by atoms with E-state index in [4.69, 9.17) is 13.6 Å². The molecule has 9 nitrogen and oxygen atoms in total. The number of amides is 1. The quantitative estimate of drug-likeness (QED) is 0.671. The van der Waals surface area contributed by atoms with Crippen molar-refractivity contribution in [1.29, 1.82) is 5.26 Å². The van der Waals surface area contributed by atoms with Gasteiger partial charge in [-0.1, -0.05) is 0 Å². The molecule has 1 amide bonds. The van der Waals surface area contributed by atoms with E-state index in [0.29, 0.717) is 57.3 Å². The average Bonchev–Trinajstić information content (AvgIpc) is 3.49. The van der Waals surface area contributed by atoms with E-state index < -0.39 is 0 Å². The molecule has 1 atom stereocenters. The van der Waals surface area contributed by atoms with Crippen molar-refractivity contribution in [3.8, 4) is 17.7 Å². The van der Waals surface area contributed by atoms with E-state index >= 15 is 0 Å². The zero-order valence-electron chi connectivity index (χ0n) is 17.6.